The molecule has 0 aliphatic rings. The lowest BCUT2D eigenvalue weighted by atomic mass is 10.1. The summed E-state index contributed by atoms with van der Waals surface area (Å²) in [6, 6.07) is 15.1. The maximum atomic E-state index is 11.1. The number of rotatable bonds is 3. The van der Waals surface area contributed by atoms with Crippen molar-refractivity contribution in [2.45, 2.75) is 9.79 Å². The second-order valence-corrected chi connectivity index (χ2v) is 12.6. The molecule has 0 fully saturated rings. The van der Waals surface area contributed by atoms with Gasteiger partial charge in [0.05, 0.1) is 18.7 Å². The van der Waals surface area contributed by atoms with E-state index in [9.17, 15) is 21.9 Å². The van der Waals surface area contributed by atoms with Crippen LogP contribution < -0.4 is 5.73 Å². The van der Waals surface area contributed by atoms with Crippen LogP contribution in [0.25, 0.3) is 11.1 Å². The van der Waals surface area contributed by atoms with Gasteiger partial charge in [-0.2, -0.15) is 0 Å². The van der Waals surface area contributed by atoms with Crippen LogP contribution >= 0.6 is 53.2 Å². The van der Waals surface area contributed by atoms with Crippen molar-refractivity contribution in [3.05, 3.63) is 69.6 Å². The summed E-state index contributed by atoms with van der Waals surface area (Å²) >= 11 is 6.27. The predicted molar refractivity (Wildman–Crippen MR) is 126 cm³/mol. The third-order valence-electron chi connectivity index (χ3n) is 3.64. The molecule has 6 nitrogen and oxygen atoms in total. The van der Waals surface area contributed by atoms with Gasteiger partial charge in [0.1, 0.15) is 5.75 Å². The summed E-state index contributed by atoms with van der Waals surface area (Å²) in [4.78, 5) is 0.00532. The molecule has 3 aromatic rings. The highest BCUT2D eigenvalue weighted by molar-refractivity contribution is 9.11. The highest BCUT2D eigenvalue weighted by Gasteiger charge is 2.11. The van der Waals surface area contributed by atoms with Gasteiger partial charge in [-0.05, 0) is 79.4 Å². The first-order valence-electron chi connectivity index (χ1n) is 7.82. The number of aromatic hydroxyl groups is 1. The maximum absolute atomic E-state index is 11.1. The summed E-state index contributed by atoms with van der Waals surface area (Å²) < 4.78 is 45.7. The highest BCUT2D eigenvalue weighted by atomic mass is 79.9. The van der Waals surface area contributed by atoms with E-state index in [-0.39, 0.29) is 15.5 Å². The summed E-state index contributed by atoms with van der Waals surface area (Å²) in [6.07, 6.45) is 0. The minimum atomic E-state index is -3.75. The van der Waals surface area contributed by atoms with E-state index < -0.39 is 18.1 Å². The molecule has 0 saturated carbocycles. The largest absolute Gasteiger partial charge is 0.506 e. The number of nitrogens with two attached hydrogens (primary N) is 1. The van der Waals surface area contributed by atoms with Crippen LogP contribution in [0.3, 0.4) is 0 Å². The molecule has 3 rings (SSSR count). The topological polar surface area (TPSA) is 115 Å². The van der Waals surface area contributed by atoms with Crippen LogP contribution in [0.4, 0.5) is 5.69 Å². The zero-order valence-electron chi connectivity index (χ0n) is 14.8. The molecular formula is C18H13Br2Cl2NO5S2. The van der Waals surface area contributed by atoms with Gasteiger partial charge in [-0.1, -0.05) is 24.3 Å². The second-order valence-electron chi connectivity index (χ2n) is 5.76. The van der Waals surface area contributed by atoms with Crippen molar-refractivity contribution in [3.8, 4) is 16.9 Å². The summed E-state index contributed by atoms with van der Waals surface area (Å²) in [6.45, 7) is 0. The molecule has 0 spiro atoms. The number of phenols is 1. The molecule has 0 heterocycles. The van der Waals surface area contributed by atoms with Gasteiger partial charge in [0.15, 0.2) is 0 Å². The molecule has 3 N–H and O–H groups in total. The van der Waals surface area contributed by atoms with Crippen LogP contribution in [0.1, 0.15) is 0 Å². The van der Waals surface area contributed by atoms with Gasteiger partial charge in [0.2, 0.25) is 0 Å². The number of phenolic OH excluding ortho intramolecular Hbond substituents is 1. The number of nitrogen functional groups attached to an aromatic ring is 1. The molecule has 0 radical (unpaired) electrons. The van der Waals surface area contributed by atoms with Crippen molar-refractivity contribution in [2.24, 2.45) is 0 Å². The molecule has 0 unspecified atom stereocenters. The van der Waals surface area contributed by atoms with Crippen LogP contribution in [0.15, 0.2) is 79.4 Å². The lowest BCUT2D eigenvalue weighted by molar-refractivity contribution is 0.468. The number of hydrogen-bond acceptors (Lipinski definition) is 6. The lowest BCUT2D eigenvalue weighted by Crippen LogP contribution is -1.91. The monoisotopic (exact) mass is 615 g/mol. The van der Waals surface area contributed by atoms with E-state index >= 15 is 0 Å². The fraction of sp³-hybridized carbons (Fsp3) is 0. The maximum Gasteiger partial charge on any atom is 0.261 e. The molecule has 0 bridgehead atoms. The Bertz CT molecular complexity index is 1170. The summed E-state index contributed by atoms with van der Waals surface area (Å²) in [5, 5.41) is 9.18. The molecule has 0 aliphatic heterocycles. The van der Waals surface area contributed by atoms with Crippen molar-refractivity contribution in [2.75, 3.05) is 5.73 Å². The van der Waals surface area contributed by atoms with Crippen molar-refractivity contribution < 1.29 is 21.9 Å². The number of halogens is 4. The molecule has 0 aliphatic carbocycles. The van der Waals surface area contributed by atoms with E-state index in [0.29, 0.717) is 14.6 Å². The Hall–Kier alpha value is -1.30. The standard InChI is InChI=1S/C12H8Cl2O4S2.C6H5Br2NO/c13-19(15,16)11-5-1-9(2-6-11)10-3-7-12(8-4-10)20(14,17)18;7-4-1-3(9)2-5(8)6(4)10/h1-8H;1-2,10H,9H2. The van der Waals surface area contributed by atoms with Gasteiger partial charge in [0.25, 0.3) is 18.1 Å². The Morgan fingerprint density at radius 1 is 0.700 bits per heavy atom. The predicted octanol–water partition coefficient (Wildman–Crippen LogP) is 5.71. The van der Waals surface area contributed by atoms with E-state index in [1.165, 1.54) is 24.3 Å². The first kappa shape index (κ1) is 25.0. The molecule has 30 heavy (non-hydrogen) atoms. The van der Waals surface area contributed by atoms with Crippen molar-refractivity contribution in [1.29, 1.82) is 0 Å². The average molecular weight is 618 g/mol. The Morgan fingerprint density at radius 3 is 1.27 bits per heavy atom. The van der Waals surface area contributed by atoms with Crippen LogP contribution in [0, 0.1) is 0 Å². The Balaban J connectivity index is 0.000000269. The first-order chi connectivity index (χ1) is 13.8. The van der Waals surface area contributed by atoms with Gasteiger partial charge in [-0.15, -0.1) is 0 Å². The van der Waals surface area contributed by atoms with E-state index in [1.807, 2.05) is 0 Å². The molecule has 0 amide bonds. The van der Waals surface area contributed by atoms with E-state index in [2.05, 4.69) is 31.9 Å². The Morgan fingerprint density at radius 2 is 1.00 bits per heavy atom. The Labute approximate surface area is 199 Å². The first-order valence-corrected chi connectivity index (χ1v) is 14.0. The zero-order valence-corrected chi connectivity index (χ0v) is 21.1. The summed E-state index contributed by atoms with van der Waals surface area (Å²) in [5.74, 6) is 0.175. The number of anilines is 1. The minimum Gasteiger partial charge on any atom is -0.506 e. The second kappa shape index (κ2) is 9.88. The van der Waals surface area contributed by atoms with Crippen LogP contribution in [-0.2, 0) is 18.1 Å². The Kier molecular flexibility index (Phi) is 8.22. The fourth-order valence-electron chi connectivity index (χ4n) is 2.20. The van der Waals surface area contributed by atoms with Crippen LogP contribution in [0.5, 0.6) is 5.75 Å². The number of benzene rings is 3. The zero-order chi connectivity index (χ0) is 22.7. The van der Waals surface area contributed by atoms with E-state index in [1.54, 1.807) is 36.4 Å². The van der Waals surface area contributed by atoms with Crippen molar-refractivity contribution >= 4 is 77.0 Å². The van der Waals surface area contributed by atoms with Gasteiger partial charge in [-0.3, -0.25) is 0 Å². The van der Waals surface area contributed by atoms with Gasteiger partial charge in [-0.25, -0.2) is 16.8 Å². The SMILES string of the molecule is Nc1cc(Br)c(O)c(Br)c1.O=S(=O)(Cl)c1ccc(-c2ccc(S(=O)(=O)Cl)cc2)cc1. The van der Waals surface area contributed by atoms with Crippen LogP contribution in [-0.4, -0.2) is 21.9 Å². The third-order valence-corrected chi connectivity index (χ3v) is 7.59. The molecule has 0 atom stereocenters. The molecule has 0 aromatic heterocycles. The highest BCUT2D eigenvalue weighted by Crippen LogP contribution is 2.34. The lowest BCUT2D eigenvalue weighted by Gasteiger charge is -2.03. The molecule has 160 valence electrons. The molecular weight excluding hydrogens is 605 g/mol. The average Bonchev–Trinajstić information content (AvgIpc) is 2.65. The summed E-state index contributed by atoms with van der Waals surface area (Å²) in [5.41, 5.74) is 7.52. The third kappa shape index (κ3) is 6.86. The fourth-order valence-corrected chi connectivity index (χ4v) is 4.97. The minimum absolute atomic E-state index is 0.00266. The quantitative estimate of drug-likeness (QED) is 0.221. The van der Waals surface area contributed by atoms with Gasteiger partial charge in [0, 0.05) is 27.1 Å². The van der Waals surface area contributed by atoms with Crippen molar-refractivity contribution in [3.63, 3.8) is 0 Å². The molecule has 12 heteroatoms. The van der Waals surface area contributed by atoms with E-state index in [0.717, 1.165) is 11.1 Å². The number of hydrogen-bond donors (Lipinski definition) is 2. The van der Waals surface area contributed by atoms with Gasteiger partial charge >= 0.3 is 0 Å². The van der Waals surface area contributed by atoms with Crippen molar-refractivity contribution in [1.82, 2.24) is 0 Å². The summed E-state index contributed by atoms with van der Waals surface area (Å²) in [7, 11) is 2.93. The van der Waals surface area contributed by atoms with Crippen LogP contribution in [0.2, 0.25) is 0 Å². The normalized spacial score (nSPS) is 11.5. The van der Waals surface area contributed by atoms with Gasteiger partial charge < -0.3 is 10.8 Å². The van der Waals surface area contributed by atoms with E-state index in [4.69, 9.17) is 27.1 Å². The molecule has 0 saturated heterocycles. The molecule has 3 aromatic carbocycles. The smallest absolute Gasteiger partial charge is 0.261 e.